The quantitative estimate of drug-likeness (QED) is 0.850. The molecule has 24 heavy (non-hydrogen) atoms. The van der Waals surface area contributed by atoms with Crippen molar-refractivity contribution in [1.29, 1.82) is 0 Å². The lowest BCUT2D eigenvalue weighted by atomic mass is 10.0. The summed E-state index contributed by atoms with van der Waals surface area (Å²) in [4.78, 5) is 10.6. The lowest BCUT2D eigenvalue weighted by molar-refractivity contribution is 0.211. The van der Waals surface area contributed by atoms with E-state index >= 15 is 0 Å². The van der Waals surface area contributed by atoms with Gasteiger partial charge in [0.2, 0.25) is 0 Å². The van der Waals surface area contributed by atoms with E-state index < -0.39 is 11.6 Å². The number of likely N-dealkylation sites (tertiary alicyclic amines) is 1. The van der Waals surface area contributed by atoms with Crippen molar-refractivity contribution in [1.82, 2.24) is 14.9 Å². The summed E-state index contributed by atoms with van der Waals surface area (Å²) in [6.45, 7) is 4.20. The first-order chi connectivity index (χ1) is 11.5. The van der Waals surface area contributed by atoms with E-state index in [2.05, 4.69) is 20.2 Å². The number of hydrogen-bond acceptors (Lipinski definition) is 4. The predicted octanol–water partition coefficient (Wildman–Crippen LogP) is 3.79. The van der Waals surface area contributed by atoms with Crippen molar-refractivity contribution in [3.05, 3.63) is 52.4 Å². The molecule has 1 aliphatic heterocycles. The fourth-order valence-corrected chi connectivity index (χ4v) is 3.17. The Kier molecular flexibility index (Phi) is 5.26. The van der Waals surface area contributed by atoms with E-state index in [-0.39, 0.29) is 0 Å². The highest BCUT2D eigenvalue weighted by Gasteiger charge is 2.20. The molecule has 1 aromatic heterocycles. The molecule has 4 nitrogen and oxygen atoms in total. The highest BCUT2D eigenvalue weighted by atomic mass is 35.5. The van der Waals surface area contributed by atoms with Gasteiger partial charge in [-0.25, -0.2) is 18.7 Å². The molecule has 0 bridgehead atoms. The average molecular weight is 353 g/mol. The molecule has 1 fully saturated rings. The summed E-state index contributed by atoms with van der Waals surface area (Å²) in [6.07, 6.45) is 1.90. The van der Waals surface area contributed by atoms with Crippen LogP contribution in [0.4, 0.5) is 14.6 Å². The molecule has 1 aliphatic rings. The molecule has 1 aromatic carbocycles. The number of nitrogens with zero attached hydrogens (tertiary/aromatic N) is 3. The van der Waals surface area contributed by atoms with Crippen LogP contribution in [-0.4, -0.2) is 34.0 Å². The van der Waals surface area contributed by atoms with Crippen LogP contribution in [0.5, 0.6) is 0 Å². The maximum Gasteiger partial charge on any atom is 0.159 e. The zero-order valence-corrected chi connectivity index (χ0v) is 14.2. The Balaban J connectivity index is 1.52. The number of aryl methyl sites for hydroxylation is 1. The summed E-state index contributed by atoms with van der Waals surface area (Å²) in [5.74, 6) is -0.215. The number of piperidine rings is 1. The minimum Gasteiger partial charge on any atom is -0.367 e. The molecule has 0 saturated carbocycles. The van der Waals surface area contributed by atoms with Crippen LogP contribution in [0.25, 0.3) is 0 Å². The molecular weight excluding hydrogens is 334 g/mol. The summed E-state index contributed by atoms with van der Waals surface area (Å²) < 4.78 is 26.3. The molecule has 0 aliphatic carbocycles. The number of rotatable bonds is 4. The first kappa shape index (κ1) is 17.0. The van der Waals surface area contributed by atoms with E-state index in [9.17, 15) is 8.78 Å². The van der Waals surface area contributed by atoms with Crippen LogP contribution < -0.4 is 5.32 Å². The monoisotopic (exact) mass is 352 g/mol. The molecule has 0 spiro atoms. The third-order valence-electron chi connectivity index (χ3n) is 4.14. The zero-order chi connectivity index (χ0) is 17.1. The summed E-state index contributed by atoms with van der Waals surface area (Å²) >= 11 is 5.95. The maximum absolute atomic E-state index is 13.3. The van der Waals surface area contributed by atoms with Crippen LogP contribution in [0.2, 0.25) is 5.15 Å². The average Bonchev–Trinajstić information content (AvgIpc) is 2.52. The molecule has 128 valence electrons. The third-order valence-corrected chi connectivity index (χ3v) is 4.33. The van der Waals surface area contributed by atoms with Crippen LogP contribution in [0, 0.1) is 18.6 Å². The van der Waals surface area contributed by atoms with Gasteiger partial charge in [-0.3, -0.25) is 4.90 Å². The maximum atomic E-state index is 13.3. The first-order valence-electron chi connectivity index (χ1n) is 7.93. The van der Waals surface area contributed by atoms with Gasteiger partial charge >= 0.3 is 0 Å². The van der Waals surface area contributed by atoms with Gasteiger partial charge in [0.25, 0.3) is 0 Å². The number of nitrogens with one attached hydrogen (secondary N) is 1. The van der Waals surface area contributed by atoms with Gasteiger partial charge in [-0.05, 0) is 37.5 Å². The molecule has 2 aromatic rings. The smallest absolute Gasteiger partial charge is 0.159 e. The van der Waals surface area contributed by atoms with Gasteiger partial charge in [0, 0.05) is 31.7 Å². The van der Waals surface area contributed by atoms with E-state index in [1.807, 2.05) is 6.92 Å². The fourth-order valence-electron chi connectivity index (χ4n) is 2.95. The van der Waals surface area contributed by atoms with Crippen molar-refractivity contribution in [3.63, 3.8) is 0 Å². The predicted molar refractivity (Wildman–Crippen MR) is 90.1 cm³/mol. The molecule has 1 N–H and O–H groups in total. The van der Waals surface area contributed by atoms with E-state index in [4.69, 9.17) is 11.6 Å². The molecule has 0 amide bonds. The Morgan fingerprint density at radius 3 is 2.58 bits per heavy atom. The number of hydrogen-bond donors (Lipinski definition) is 1. The summed E-state index contributed by atoms with van der Waals surface area (Å²) in [5.41, 5.74) is 0.790. The Morgan fingerprint density at radius 1 is 1.17 bits per heavy atom. The van der Waals surface area contributed by atoms with Gasteiger partial charge < -0.3 is 5.32 Å². The lowest BCUT2D eigenvalue weighted by Crippen LogP contribution is -2.38. The normalized spacial score (nSPS) is 16.3. The Hall–Kier alpha value is -1.79. The van der Waals surface area contributed by atoms with Crippen molar-refractivity contribution in [2.75, 3.05) is 18.4 Å². The largest absolute Gasteiger partial charge is 0.367 e. The van der Waals surface area contributed by atoms with Crippen LogP contribution in [0.15, 0.2) is 24.3 Å². The van der Waals surface area contributed by atoms with Crippen molar-refractivity contribution in [2.45, 2.75) is 32.4 Å². The Morgan fingerprint density at radius 2 is 1.92 bits per heavy atom. The standard InChI is InChI=1S/C17H19ClF2N4/c1-11-21-16(18)9-17(22-11)23-13-4-6-24(7-5-13)10-12-2-3-14(19)15(20)8-12/h2-3,8-9,13H,4-7,10H2,1H3,(H,21,22,23). The van der Waals surface area contributed by atoms with Crippen LogP contribution in [-0.2, 0) is 6.54 Å². The van der Waals surface area contributed by atoms with Crippen molar-refractivity contribution in [2.24, 2.45) is 0 Å². The molecule has 3 rings (SSSR count). The van der Waals surface area contributed by atoms with Gasteiger partial charge in [0.1, 0.15) is 16.8 Å². The number of halogens is 3. The zero-order valence-electron chi connectivity index (χ0n) is 13.4. The lowest BCUT2D eigenvalue weighted by Gasteiger charge is -2.32. The minimum atomic E-state index is -0.805. The molecule has 0 atom stereocenters. The summed E-state index contributed by atoms with van der Waals surface area (Å²) in [5, 5.41) is 3.82. The first-order valence-corrected chi connectivity index (χ1v) is 8.31. The second kappa shape index (κ2) is 7.40. The second-order valence-electron chi connectivity index (χ2n) is 6.07. The molecule has 2 heterocycles. The van der Waals surface area contributed by atoms with E-state index in [0.29, 0.717) is 23.6 Å². The minimum absolute atomic E-state index is 0.316. The van der Waals surface area contributed by atoms with Crippen LogP contribution >= 0.6 is 11.6 Å². The number of benzene rings is 1. The van der Waals surface area contributed by atoms with Gasteiger partial charge in [0.15, 0.2) is 11.6 Å². The highest BCUT2D eigenvalue weighted by Crippen LogP contribution is 2.19. The van der Waals surface area contributed by atoms with Crippen LogP contribution in [0.1, 0.15) is 24.2 Å². The van der Waals surface area contributed by atoms with Gasteiger partial charge in [0.05, 0.1) is 0 Å². The van der Waals surface area contributed by atoms with Crippen molar-refractivity contribution < 1.29 is 8.78 Å². The number of aromatic nitrogens is 2. The van der Waals surface area contributed by atoms with Crippen molar-refractivity contribution in [3.8, 4) is 0 Å². The highest BCUT2D eigenvalue weighted by molar-refractivity contribution is 6.29. The van der Waals surface area contributed by atoms with E-state index in [1.165, 1.54) is 12.1 Å². The van der Waals surface area contributed by atoms with Gasteiger partial charge in [-0.1, -0.05) is 17.7 Å². The van der Waals surface area contributed by atoms with Gasteiger partial charge in [-0.2, -0.15) is 0 Å². The van der Waals surface area contributed by atoms with Crippen LogP contribution in [0.3, 0.4) is 0 Å². The summed E-state index contributed by atoms with van der Waals surface area (Å²) in [6, 6.07) is 6.12. The summed E-state index contributed by atoms with van der Waals surface area (Å²) in [7, 11) is 0. The molecule has 0 radical (unpaired) electrons. The second-order valence-corrected chi connectivity index (χ2v) is 6.45. The topological polar surface area (TPSA) is 41.1 Å². The molecule has 0 unspecified atom stereocenters. The van der Waals surface area contributed by atoms with E-state index in [0.717, 1.165) is 37.3 Å². The molecule has 1 saturated heterocycles. The van der Waals surface area contributed by atoms with E-state index in [1.54, 1.807) is 12.1 Å². The SMILES string of the molecule is Cc1nc(Cl)cc(NC2CCN(Cc3ccc(F)c(F)c3)CC2)n1. The fraction of sp³-hybridized carbons (Fsp3) is 0.412. The third kappa shape index (κ3) is 4.39. The molecule has 7 heteroatoms. The van der Waals surface area contributed by atoms with Crippen molar-refractivity contribution >= 4 is 17.4 Å². The number of anilines is 1. The molecular formula is C17H19ClF2N4. The Bertz CT molecular complexity index is 697. The Labute approximate surface area is 144 Å². The van der Waals surface area contributed by atoms with Gasteiger partial charge in [-0.15, -0.1) is 0 Å².